The molecular weight excluding hydrogens is 337 g/mol. The van der Waals surface area contributed by atoms with Crippen LogP contribution in [0.3, 0.4) is 0 Å². The van der Waals surface area contributed by atoms with Gasteiger partial charge in [-0.25, -0.2) is 0 Å². The molecule has 0 saturated carbocycles. The fraction of sp³-hybridized carbons (Fsp3) is 0.333. The van der Waals surface area contributed by atoms with Crippen LogP contribution in [0.25, 0.3) is 0 Å². The maximum atomic E-state index is 12.3. The lowest BCUT2D eigenvalue weighted by atomic mass is 10.3. The van der Waals surface area contributed by atoms with E-state index in [0.29, 0.717) is 5.76 Å². The summed E-state index contributed by atoms with van der Waals surface area (Å²) >= 11 is 0.219. The number of nitrogens with zero attached hydrogens (tertiary/aromatic N) is 2. The summed E-state index contributed by atoms with van der Waals surface area (Å²) in [6.07, 6.45) is -3.44. The minimum Gasteiger partial charge on any atom is -0.467 e. The van der Waals surface area contributed by atoms with E-state index in [1.807, 2.05) is 0 Å². The number of aromatic nitrogens is 2. The van der Waals surface area contributed by atoms with Crippen molar-refractivity contribution >= 4 is 28.3 Å². The number of amides is 2. The van der Waals surface area contributed by atoms with Gasteiger partial charge in [-0.2, -0.15) is 13.2 Å². The van der Waals surface area contributed by atoms with Gasteiger partial charge in [-0.15, -0.1) is 10.2 Å². The lowest BCUT2D eigenvalue weighted by Crippen LogP contribution is -2.24. The zero-order chi connectivity index (χ0) is 16.9. The van der Waals surface area contributed by atoms with Gasteiger partial charge < -0.3 is 15.1 Å². The Labute approximate surface area is 131 Å². The Morgan fingerprint density at radius 3 is 2.57 bits per heavy atom. The Bertz CT molecular complexity index is 669. The van der Waals surface area contributed by atoms with Crippen LogP contribution < -0.4 is 10.6 Å². The highest BCUT2D eigenvalue weighted by Gasteiger charge is 2.35. The summed E-state index contributed by atoms with van der Waals surface area (Å²) < 4.78 is 42.0. The van der Waals surface area contributed by atoms with Gasteiger partial charge in [0.1, 0.15) is 5.76 Å². The molecule has 2 aromatic heterocycles. The first kappa shape index (κ1) is 16.9. The molecule has 2 heterocycles. The zero-order valence-electron chi connectivity index (χ0n) is 11.5. The number of halogens is 3. The molecule has 0 fully saturated rings. The first-order valence-electron chi connectivity index (χ1n) is 6.34. The summed E-state index contributed by atoms with van der Waals surface area (Å²) in [5.74, 6) is -0.441. The molecule has 0 radical (unpaired) electrons. The van der Waals surface area contributed by atoms with Crippen LogP contribution in [0.15, 0.2) is 22.8 Å². The molecule has 0 bridgehead atoms. The average molecular weight is 348 g/mol. The van der Waals surface area contributed by atoms with Gasteiger partial charge in [0.15, 0.2) is 0 Å². The van der Waals surface area contributed by atoms with Crippen molar-refractivity contribution in [3.63, 3.8) is 0 Å². The Morgan fingerprint density at radius 1 is 1.22 bits per heavy atom. The fourth-order valence-corrected chi connectivity index (χ4v) is 2.11. The van der Waals surface area contributed by atoms with Gasteiger partial charge in [-0.05, 0) is 12.1 Å². The summed E-state index contributed by atoms with van der Waals surface area (Å²) in [6.45, 7) is 0.193. The monoisotopic (exact) mass is 348 g/mol. The number of carbonyl (C=O) groups excluding carboxylic acids is 2. The van der Waals surface area contributed by atoms with Crippen LogP contribution in [0, 0.1) is 0 Å². The summed E-state index contributed by atoms with van der Waals surface area (Å²) in [5.41, 5.74) is 0. The van der Waals surface area contributed by atoms with Crippen molar-refractivity contribution in [3.05, 3.63) is 29.2 Å². The van der Waals surface area contributed by atoms with Crippen molar-refractivity contribution < 1.29 is 27.2 Å². The van der Waals surface area contributed by atoms with E-state index in [1.54, 1.807) is 12.1 Å². The molecular formula is C12H11F3N4O3S. The minimum absolute atomic E-state index is 0.114. The van der Waals surface area contributed by atoms with E-state index in [-0.39, 0.29) is 41.8 Å². The van der Waals surface area contributed by atoms with Crippen LogP contribution in [-0.2, 0) is 22.3 Å². The lowest BCUT2D eigenvalue weighted by molar-refractivity contribution is -0.138. The number of alkyl halides is 3. The molecule has 0 aliphatic carbocycles. The van der Waals surface area contributed by atoms with E-state index in [2.05, 4.69) is 20.8 Å². The number of rotatable bonds is 6. The largest absolute Gasteiger partial charge is 0.467 e. The normalized spacial score (nSPS) is 11.3. The molecule has 0 spiro atoms. The second-order valence-corrected chi connectivity index (χ2v) is 5.29. The summed E-state index contributed by atoms with van der Waals surface area (Å²) in [4.78, 5) is 23.1. The Hall–Kier alpha value is -2.43. The summed E-state index contributed by atoms with van der Waals surface area (Å²) in [7, 11) is 0. The summed E-state index contributed by atoms with van der Waals surface area (Å²) in [6, 6.07) is 3.35. The maximum Gasteiger partial charge on any atom is 0.445 e. The molecule has 7 nitrogen and oxygen atoms in total. The fourth-order valence-electron chi connectivity index (χ4n) is 1.48. The van der Waals surface area contributed by atoms with E-state index in [4.69, 9.17) is 4.42 Å². The third kappa shape index (κ3) is 5.36. The van der Waals surface area contributed by atoms with Crippen LogP contribution >= 0.6 is 11.3 Å². The molecule has 0 aliphatic heterocycles. The molecule has 0 aliphatic rings. The highest BCUT2D eigenvalue weighted by atomic mass is 32.1. The number of hydrogen-bond donors (Lipinski definition) is 2. The van der Waals surface area contributed by atoms with Gasteiger partial charge >= 0.3 is 6.18 Å². The molecule has 2 aromatic rings. The van der Waals surface area contributed by atoms with Gasteiger partial charge in [0, 0.05) is 12.8 Å². The molecule has 2 amide bonds. The van der Waals surface area contributed by atoms with Crippen LogP contribution in [-0.4, -0.2) is 22.0 Å². The zero-order valence-corrected chi connectivity index (χ0v) is 12.3. The van der Waals surface area contributed by atoms with Crippen molar-refractivity contribution in [1.29, 1.82) is 0 Å². The predicted octanol–water partition coefficient (Wildman–Crippen LogP) is 2.18. The summed E-state index contributed by atoms with van der Waals surface area (Å²) in [5, 5.41) is 9.45. The number of furan rings is 1. The van der Waals surface area contributed by atoms with Crippen molar-refractivity contribution in [2.24, 2.45) is 0 Å². The average Bonchev–Trinajstić information content (AvgIpc) is 3.13. The predicted molar refractivity (Wildman–Crippen MR) is 73.3 cm³/mol. The molecule has 0 atom stereocenters. The van der Waals surface area contributed by atoms with Gasteiger partial charge in [0.2, 0.25) is 22.0 Å². The smallest absolute Gasteiger partial charge is 0.445 e. The molecule has 0 aromatic carbocycles. The van der Waals surface area contributed by atoms with Crippen LogP contribution in [0.4, 0.5) is 18.3 Å². The molecule has 11 heteroatoms. The second-order valence-electron chi connectivity index (χ2n) is 4.31. The van der Waals surface area contributed by atoms with E-state index in [1.165, 1.54) is 6.26 Å². The first-order valence-corrected chi connectivity index (χ1v) is 7.16. The van der Waals surface area contributed by atoms with Crippen molar-refractivity contribution in [3.8, 4) is 0 Å². The first-order chi connectivity index (χ1) is 10.8. The topological polar surface area (TPSA) is 97.1 Å². The van der Waals surface area contributed by atoms with Gasteiger partial charge in [-0.1, -0.05) is 11.3 Å². The van der Waals surface area contributed by atoms with Crippen molar-refractivity contribution in [1.82, 2.24) is 15.5 Å². The molecule has 23 heavy (non-hydrogen) atoms. The maximum absolute atomic E-state index is 12.3. The number of hydrogen-bond acceptors (Lipinski definition) is 6. The Kier molecular flexibility index (Phi) is 5.32. The van der Waals surface area contributed by atoms with Gasteiger partial charge in [-0.3, -0.25) is 9.59 Å². The van der Waals surface area contributed by atoms with E-state index in [9.17, 15) is 22.8 Å². The number of nitrogens with one attached hydrogen (secondary N) is 2. The van der Waals surface area contributed by atoms with Crippen LogP contribution in [0.5, 0.6) is 0 Å². The highest BCUT2D eigenvalue weighted by molar-refractivity contribution is 7.15. The quantitative estimate of drug-likeness (QED) is 0.834. The second kappa shape index (κ2) is 7.22. The van der Waals surface area contributed by atoms with E-state index >= 15 is 0 Å². The number of anilines is 1. The van der Waals surface area contributed by atoms with Crippen molar-refractivity contribution in [2.75, 3.05) is 5.32 Å². The third-order valence-electron chi connectivity index (χ3n) is 2.53. The van der Waals surface area contributed by atoms with Crippen molar-refractivity contribution in [2.45, 2.75) is 25.6 Å². The molecule has 2 rings (SSSR count). The Balaban J connectivity index is 1.72. The Morgan fingerprint density at radius 2 is 1.96 bits per heavy atom. The van der Waals surface area contributed by atoms with Crippen LogP contribution in [0.2, 0.25) is 0 Å². The van der Waals surface area contributed by atoms with E-state index in [0.717, 1.165) is 0 Å². The van der Waals surface area contributed by atoms with Crippen LogP contribution in [0.1, 0.15) is 23.6 Å². The highest BCUT2D eigenvalue weighted by Crippen LogP contribution is 2.32. The SMILES string of the molecule is O=C(CCC(=O)Nc1nnc(C(F)(F)F)s1)NCc1ccco1. The molecule has 124 valence electrons. The molecule has 0 saturated heterocycles. The number of carbonyl (C=O) groups is 2. The minimum atomic E-state index is -4.60. The van der Waals surface area contributed by atoms with Gasteiger partial charge in [0.25, 0.3) is 0 Å². The lowest BCUT2D eigenvalue weighted by Gasteiger charge is -2.03. The van der Waals surface area contributed by atoms with E-state index < -0.39 is 17.1 Å². The van der Waals surface area contributed by atoms with Gasteiger partial charge in [0.05, 0.1) is 12.8 Å². The molecule has 0 unspecified atom stereocenters. The standard InChI is InChI=1S/C12H11F3N4O3S/c13-12(14,15)10-18-19-11(23-10)17-9(21)4-3-8(20)16-6-7-2-1-5-22-7/h1-2,5H,3-4,6H2,(H,16,20)(H,17,19,21). The molecule has 2 N–H and O–H groups in total. The third-order valence-corrected chi connectivity index (χ3v) is 3.42.